The number of rotatable bonds is 4. The number of hydrogen-bond donors (Lipinski definition) is 2. The maximum atomic E-state index is 12.6. The number of fused-ring (bicyclic) bond motifs is 1. The zero-order chi connectivity index (χ0) is 19.2. The SMILES string of the molecule is CN=C(NCC(=O)N1CCc2sccc2C1)N1CCC(CC(=O)NC)CC1.I. The Morgan fingerprint density at radius 1 is 1.25 bits per heavy atom. The van der Waals surface area contributed by atoms with Crippen molar-refractivity contribution in [1.82, 2.24) is 20.4 Å². The summed E-state index contributed by atoms with van der Waals surface area (Å²) in [4.78, 5) is 34.0. The van der Waals surface area contributed by atoms with E-state index in [2.05, 4.69) is 32.0 Å². The van der Waals surface area contributed by atoms with Crippen LogP contribution >= 0.6 is 35.3 Å². The molecule has 0 unspecified atom stereocenters. The van der Waals surface area contributed by atoms with Crippen LogP contribution in [-0.2, 0) is 22.6 Å². The molecule has 2 aliphatic heterocycles. The Bertz CT molecular complexity index is 700. The zero-order valence-corrected chi connectivity index (χ0v) is 19.7. The lowest BCUT2D eigenvalue weighted by Gasteiger charge is -2.34. The van der Waals surface area contributed by atoms with Gasteiger partial charge in [0.05, 0.1) is 6.54 Å². The van der Waals surface area contributed by atoms with E-state index in [0.717, 1.165) is 44.9 Å². The summed E-state index contributed by atoms with van der Waals surface area (Å²) in [7, 11) is 3.43. The second kappa shape index (κ2) is 11.0. The Morgan fingerprint density at radius 3 is 2.68 bits per heavy atom. The molecule has 0 spiro atoms. The van der Waals surface area contributed by atoms with Crippen LogP contribution in [0.2, 0.25) is 0 Å². The molecule has 0 radical (unpaired) electrons. The number of halogens is 1. The second-order valence-corrected chi connectivity index (χ2v) is 8.14. The van der Waals surface area contributed by atoms with Crippen molar-refractivity contribution in [1.29, 1.82) is 0 Å². The monoisotopic (exact) mass is 519 g/mol. The lowest BCUT2D eigenvalue weighted by Crippen LogP contribution is -2.49. The molecule has 0 aliphatic carbocycles. The summed E-state index contributed by atoms with van der Waals surface area (Å²) >= 11 is 1.78. The van der Waals surface area contributed by atoms with Gasteiger partial charge in [0.15, 0.2) is 5.96 Å². The Kier molecular flexibility index (Phi) is 9.00. The number of aliphatic imine (C=N–C) groups is 1. The van der Waals surface area contributed by atoms with Gasteiger partial charge in [0.2, 0.25) is 11.8 Å². The number of amides is 2. The van der Waals surface area contributed by atoms with Crippen molar-refractivity contribution in [2.45, 2.75) is 32.2 Å². The van der Waals surface area contributed by atoms with Crippen LogP contribution in [0.1, 0.15) is 29.7 Å². The Morgan fingerprint density at radius 2 is 2.00 bits per heavy atom. The van der Waals surface area contributed by atoms with Crippen molar-refractivity contribution in [2.75, 3.05) is 40.3 Å². The zero-order valence-electron chi connectivity index (χ0n) is 16.6. The predicted molar refractivity (Wildman–Crippen MR) is 123 cm³/mol. The minimum Gasteiger partial charge on any atom is -0.359 e. The summed E-state index contributed by atoms with van der Waals surface area (Å²) < 4.78 is 0. The van der Waals surface area contributed by atoms with Crippen LogP contribution < -0.4 is 10.6 Å². The van der Waals surface area contributed by atoms with Crippen molar-refractivity contribution in [3.63, 3.8) is 0 Å². The maximum Gasteiger partial charge on any atom is 0.242 e. The molecule has 1 aromatic rings. The third kappa shape index (κ3) is 5.82. The van der Waals surface area contributed by atoms with Gasteiger partial charge in [0.1, 0.15) is 0 Å². The second-order valence-electron chi connectivity index (χ2n) is 7.14. The Hall–Kier alpha value is -1.36. The standard InChI is InChI=1S/C19H29N5O2S.HI/c1-20-17(25)11-14-3-7-23(8-4-14)19(21-2)22-12-18(26)24-9-5-16-15(13-24)6-10-27-16;/h6,10,14H,3-5,7-9,11-13H2,1-2H3,(H,20,25)(H,21,22);1H. The van der Waals surface area contributed by atoms with E-state index < -0.39 is 0 Å². The van der Waals surface area contributed by atoms with Gasteiger partial charge in [-0.3, -0.25) is 14.6 Å². The van der Waals surface area contributed by atoms with Crippen molar-refractivity contribution in [2.24, 2.45) is 10.9 Å². The van der Waals surface area contributed by atoms with Gasteiger partial charge in [0, 0.05) is 51.6 Å². The normalized spacial score (nSPS) is 17.6. The van der Waals surface area contributed by atoms with E-state index in [-0.39, 0.29) is 42.3 Å². The van der Waals surface area contributed by atoms with Crippen LogP contribution in [0.4, 0.5) is 0 Å². The van der Waals surface area contributed by atoms with Crippen LogP contribution in [0.3, 0.4) is 0 Å². The smallest absolute Gasteiger partial charge is 0.242 e. The number of carbonyl (C=O) groups excluding carboxylic acids is 2. The van der Waals surface area contributed by atoms with E-state index in [9.17, 15) is 9.59 Å². The number of carbonyl (C=O) groups is 2. The molecule has 28 heavy (non-hydrogen) atoms. The summed E-state index contributed by atoms with van der Waals surface area (Å²) in [5.41, 5.74) is 1.28. The molecule has 3 heterocycles. The quantitative estimate of drug-likeness (QED) is 0.361. The lowest BCUT2D eigenvalue weighted by atomic mass is 9.93. The number of thiophene rings is 1. The van der Waals surface area contributed by atoms with Crippen molar-refractivity contribution >= 4 is 53.1 Å². The number of guanidine groups is 1. The highest BCUT2D eigenvalue weighted by atomic mass is 127. The molecule has 156 valence electrons. The number of hydrogen-bond acceptors (Lipinski definition) is 4. The fourth-order valence-electron chi connectivity index (χ4n) is 3.77. The number of nitrogens with one attached hydrogen (secondary N) is 2. The molecule has 2 N–H and O–H groups in total. The summed E-state index contributed by atoms with van der Waals surface area (Å²) in [6.07, 6.45) is 3.48. The maximum absolute atomic E-state index is 12.6. The third-order valence-corrected chi connectivity index (χ3v) is 6.46. The van der Waals surface area contributed by atoms with E-state index in [4.69, 9.17) is 0 Å². The van der Waals surface area contributed by atoms with E-state index in [1.54, 1.807) is 25.4 Å². The minimum atomic E-state index is 0. The predicted octanol–water partition coefficient (Wildman–Crippen LogP) is 1.67. The minimum absolute atomic E-state index is 0. The van der Waals surface area contributed by atoms with Crippen molar-refractivity contribution in [3.05, 3.63) is 21.9 Å². The average molecular weight is 519 g/mol. The summed E-state index contributed by atoms with van der Waals surface area (Å²) in [6.45, 7) is 3.49. The first kappa shape index (κ1) is 22.9. The van der Waals surface area contributed by atoms with Crippen LogP contribution in [0.25, 0.3) is 0 Å². The van der Waals surface area contributed by atoms with Gasteiger partial charge in [0.25, 0.3) is 0 Å². The van der Waals surface area contributed by atoms with Gasteiger partial charge in [-0.25, -0.2) is 0 Å². The van der Waals surface area contributed by atoms with Gasteiger partial charge in [-0.1, -0.05) is 0 Å². The number of likely N-dealkylation sites (tertiary alicyclic amines) is 1. The highest BCUT2D eigenvalue weighted by Crippen LogP contribution is 2.24. The highest BCUT2D eigenvalue weighted by molar-refractivity contribution is 14.0. The largest absolute Gasteiger partial charge is 0.359 e. The Labute approximate surface area is 188 Å². The summed E-state index contributed by atoms with van der Waals surface area (Å²) in [5, 5.41) is 8.03. The van der Waals surface area contributed by atoms with Crippen LogP contribution in [-0.4, -0.2) is 67.8 Å². The number of nitrogens with zero attached hydrogens (tertiary/aromatic N) is 3. The molecule has 2 aliphatic rings. The van der Waals surface area contributed by atoms with Gasteiger partial charge >= 0.3 is 0 Å². The molecule has 9 heteroatoms. The van der Waals surface area contributed by atoms with E-state index in [1.807, 2.05) is 4.90 Å². The van der Waals surface area contributed by atoms with Crippen LogP contribution in [0, 0.1) is 5.92 Å². The summed E-state index contributed by atoms with van der Waals surface area (Å²) in [5.74, 6) is 1.42. The lowest BCUT2D eigenvalue weighted by molar-refractivity contribution is -0.131. The molecule has 3 rings (SSSR count). The summed E-state index contributed by atoms with van der Waals surface area (Å²) in [6, 6.07) is 2.12. The fraction of sp³-hybridized carbons (Fsp3) is 0.632. The van der Waals surface area contributed by atoms with E-state index in [1.165, 1.54) is 10.4 Å². The van der Waals surface area contributed by atoms with Gasteiger partial charge < -0.3 is 20.4 Å². The van der Waals surface area contributed by atoms with E-state index in [0.29, 0.717) is 18.9 Å². The van der Waals surface area contributed by atoms with E-state index >= 15 is 0 Å². The molecule has 2 amide bonds. The topological polar surface area (TPSA) is 77.0 Å². The number of piperidine rings is 1. The molecular weight excluding hydrogens is 489 g/mol. The average Bonchev–Trinajstić information content (AvgIpc) is 3.17. The molecule has 0 bridgehead atoms. The van der Waals surface area contributed by atoms with Crippen molar-refractivity contribution < 1.29 is 9.59 Å². The first-order valence-corrected chi connectivity index (χ1v) is 10.5. The molecule has 7 nitrogen and oxygen atoms in total. The molecule has 1 aromatic heterocycles. The molecular formula is C19H30IN5O2S. The molecule has 0 aromatic carbocycles. The van der Waals surface area contributed by atoms with Crippen LogP contribution in [0.5, 0.6) is 0 Å². The molecule has 0 atom stereocenters. The third-order valence-electron chi connectivity index (χ3n) is 5.44. The fourth-order valence-corrected chi connectivity index (χ4v) is 4.66. The van der Waals surface area contributed by atoms with Gasteiger partial charge in [-0.15, -0.1) is 35.3 Å². The molecule has 1 saturated heterocycles. The highest BCUT2D eigenvalue weighted by Gasteiger charge is 2.25. The van der Waals surface area contributed by atoms with Crippen LogP contribution in [0.15, 0.2) is 16.4 Å². The van der Waals surface area contributed by atoms with Gasteiger partial charge in [-0.05, 0) is 42.2 Å². The molecule has 0 saturated carbocycles. The van der Waals surface area contributed by atoms with Gasteiger partial charge in [-0.2, -0.15) is 0 Å². The molecule has 1 fully saturated rings. The van der Waals surface area contributed by atoms with Crippen molar-refractivity contribution in [3.8, 4) is 0 Å². The Balaban J connectivity index is 0.00000280. The first-order chi connectivity index (χ1) is 13.1. The first-order valence-electron chi connectivity index (χ1n) is 9.60.